The molecule has 164 valence electrons. The number of fused-ring (bicyclic) bond motifs is 1. The number of aryl methyl sites for hydroxylation is 1. The van der Waals surface area contributed by atoms with Gasteiger partial charge in [0.2, 0.25) is 5.91 Å². The molecule has 3 aromatic rings. The van der Waals surface area contributed by atoms with Gasteiger partial charge in [-0.15, -0.1) is 28.1 Å². The van der Waals surface area contributed by atoms with E-state index in [9.17, 15) is 10.1 Å². The van der Waals surface area contributed by atoms with Gasteiger partial charge in [-0.05, 0) is 50.3 Å². The second-order valence-electron chi connectivity index (χ2n) is 7.58. The number of nitriles is 1. The molecule has 1 N–H and O–H groups in total. The normalized spacial score (nSPS) is 14.1. The van der Waals surface area contributed by atoms with Crippen LogP contribution in [0.3, 0.4) is 0 Å². The summed E-state index contributed by atoms with van der Waals surface area (Å²) in [7, 11) is 0. The van der Waals surface area contributed by atoms with E-state index < -0.39 is 5.25 Å². The molecule has 0 saturated carbocycles. The van der Waals surface area contributed by atoms with Gasteiger partial charge < -0.3 is 5.32 Å². The van der Waals surface area contributed by atoms with Gasteiger partial charge in [-0.1, -0.05) is 24.3 Å². The van der Waals surface area contributed by atoms with Crippen LogP contribution in [0.2, 0.25) is 0 Å². The number of thioether (sulfide) groups is 1. The molecule has 0 saturated heterocycles. The zero-order valence-electron chi connectivity index (χ0n) is 17.9. The third kappa shape index (κ3) is 4.61. The zero-order valence-corrected chi connectivity index (χ0v) is 19.5. The number of nitrogens with one attached hydrogen (secondary N) is 1. The molecule has 9 heteroatoms. The first kappa shape index (κ1) is 22.2. The maximum absolute atomic E-state index is 13.0. The van der Waals surface area contributed by atoms with E-state index in [1.54, 1.807) is 29.8 Å². The van der Waals surface area contributed by atoms with Gasteiger partial charge in [-0.3, -0.25) is 14.3 Å². The van der Waals surface area contributed by atoms with Crippen LogP contribution in [0.25, 0.3) is 11.4 Å². The number of hydrogen-bond donors (Lipinski definition) is 1. The molecule has 0 spiro atoms. The molecule has 3 heterocycles. The summed E-state index contributed by atoms with van der Waals surface area (Å²) in [6.45, 7) is 6.18. The van der Waals surface area contributed by atoms with Crippen LogP contribution in [0.1, 0.15) is 42.2 Å². The van der Waals surface area contributed by atoms with Gasteiger partial charge in [0.05, 0.1) is 10.8 Å². The van der Waals surface area contributed by atoms with E-state index in [4.69, 9.17) is 0 Å². The molecule has 0 unspecified atom stereocenters. The minimum atomic E-state index is -0.419. The van der Waals surface area contributed by atoms with Gasteiger partial charge in [0.15, 0.2) is 11.0 Å². The predicted octanol–water partition coefficient (Wildman–Crippen LogP) is 4.85. The summed E-state index contributed by atoms with van der Waals surface area (Å²) in [6.07, 6.45) is 10.5. The molecule has 1 amide bonds. The number of anilines is 1. The highest BCUT2D eigenvalue weighted by Gasteiger charge is 2.25. The molecule has 7 nitrogen and oxygen atoms in total. The highest BCUT2D eigenvalue weighted by molar-refractivity contribution is 8.00. The number of amides is 1. The quantitative estimate of drug-likeness (QED) is 0.305. The van der Waals surface area contributed by atoms with Crippen molar-refractivity contribution in [3.8, 4) is 17.5 Å². The smallest absolute Gasteiger partial charge is 0.238 e. The molecule has 1 aliphatic rings. The predicted molar refractivity (Wildman–Crippen MR) is 128 cm³/mol. The lowest BCUT2D eigenvalue weighted by atomic mass is 10.1. The van der Waals surface area contributed by atoms with E-state index in [0.29, 0.717) is 28.1 Å². The van der Waals surface area contributed by atoms with Crippen molar-refractivity contribution in [3.63, 3.8) is 0 Å². The lowest BCUT2D eigenvalue weighted by molar-refractivity contribution is -0.115. The molecule has 0 aliphatic heterocycles. The first-order chi connectivity index (χ1) is 15.6. The molecule has 1 aliphatic carbocycles. The lowest BCUT2D eigenvalue weighted by Gasteiger charge is -2.12. The fourth-order valence-electron chi connectivity index (χ4n) is 3.75. The Morgan fingerprint density at radius 1 is 1.41 bits per heavy atom. The van der Waals surface area contributed by atoms with E-state index in [1.165, 1.54) is 23.1 Å². The van der Waals surface area contributed by atoms with Crippen molar-refractivity contribution >= 4 is 34.0 Å². The number of nitrogens with zero attached hydrogens (tertiary/aromatic N) is 5. The standard InChI is InChI=1S/C23H24N6OS2/c1-3-12-29-20(16-8-7-11-25-14-16)27-28-23(29)31-15(2)21(30)26-22-18(13-24)17-9-5-4-6-10-19(17)32-22/h3,7-8,11,14-15H,1,4-6,9-10,12H2,2H3,(H,26,30)/t15-/m0/s1. The minimum absolute atomic E-state index is 0.154. The maximum Gasteiger partial charge on any atom is 0.238 e. The van der Waals surface area contributed by atoms with Crippen molar-refractivity contribution in [1.29, 1.82) is 5.26 Å². The van der Waals surface area contributed by atoms with Crippen molar-refractivity contribution in [3.05, 3.63) is 53.2 Å². The number of hydrogen-bond acceptors (Lipinski definition) is 7. The summed E-state index contributed by atoms with van der Waals surface area (Å²) < 4.78 is 1.92. The Bertz CT molecular complexity index is 1160. The Kier molecular flexibility index (Phi) is 7.02. The number of rotatable bonds is 7. The number of pyridine rings is 1. The van der Waals surface area contributed by atoms with Crippen LogP contribution >= 0.6 is 23.1 Å². The van der Waals surface area contributed by atoms with Gasteiger partial charge in [0.25, 0.3) is 0 Å². The summed E-state index contributed by atoms with van der Waals surface area (Å²) in [6, 6.07) is 6.09. The van der Waals surface area contributed by atoms with Crippen LogP contribution in [0.15, 0.2) is 42.3 Å². The van der Waals surface area contributed by atoms with Gasteiger partial charge in [0, 0.05) is 29.4 Å². The van der Waals surface area contributed by atoms with Crippen LogP contribution < -0.4 is 5.32 Å². The molecule has 0 aromatic carbocycles. The molecule has 0 radical (unpaired) electrons. The van der Waals surface area contributed by atoms with Crippen molar-refractivity contribution in [1.82, 2.24) is 19.7 Å². The van der Waals surface area contributed by atoms with Crippen LogP contribution in [0.4, 0.5) is 5.00 Å². The van der Waals surface area contributed by atoms with Crippen molar-refractivity contribution < 1.29 is 4.79 Å². The number of thiophene rings is 1. The Morgan fingerprint density at radius 2 is 2.25 bits per heavy atom. The minimum Gasteiger partial charge on any atom is -0.316 e. The lowest BCUT2D eigenvalue weighted by Crippen LogP contribution is -2.23. The van der Waals surface area contributed by atoms with E-state index in [-0.39, 0.29) is 5.91 Å². The van der Waals surface area contributed by atoms with Crippen molar-refractivity contribution in [2.45, 2.75) is 56.0 Å². The summed E-state index contributed by atoms with van der Waals surface area (Å²) in [5.41, 5.74) is 2.60. The third-order valence-corrected chi connectivity index (χ3v) is 7.66. The summed E-state index contributed by atoms with van der Waals surface area (Å²) in [5.74, 6) is 0.529. The second kappa shape index (κ2) is 10.1. The molecule has 4 rings (SSSR count). The Morgan fingerprint density at radius 3 is 3.00 bits per heavy atom. The summed E-state index contributed by atoms with van der Waals surface area (Å²) in [5, 5.41) is 22.2. The van der Waals surface area contributed by atoms with E-state index >= 15 is 0 Å². The third-order valence-electron chi connectivity index (χ3n) is 5.37. The maximum atomic E-state index is 13.0. The Balaban J connectivity index is 1.52. The molecule has 1 atom stereocenters. The topological polar surface area (TPSA) is 96.5 Å². The van der Waals surface area contributed by atoms with E-state index in [0.717, 1.165) is 36.8 Å². The van der Waals surface area contributed by atoms with Crippen LogP contribution in [-0.4, -0.2) is 30.9 Å². The summed E-state index contributed by atoms with van der Waals surface area (Å²) in [4.78, 5) is 18.4. The van der Waals surface area contributed by atoms with Crippen LogP contribution in [0, 0.1) is 11.3 Å². The highest BCUT2D eigenvalue weighted by Crippen LogP contribution is 2.37. The highest BCUT2D eigenvalue weighted by atomic mass is 32.2. The number of allylic oxidation sites excluding steroid dienone is 1. The van der Waals surface area contributed by atoms with Crippen molar-refractivity contribution in [2.75, 3.05) is 5.32 Å². The first-order valence-electron chi connectivity index (χ1n) is 10.6. The molecule has 0 bridgehead atoms. The average molecular weight is 465 g/mol. The van der Waals surface area contributed by atoms with E-state index in [1.807, 2.05) is 23.6 Å². The fraction of sp³-hybridized carbons (Fsp3) is 0.348. The number of carbonyl (C=O) groups is 1. The zero-order chi connectivity index (χ0) is 22.5. The first-order valence-corrected chi connectivity index (χ1v) is 12.3. The van der Waals surface area contributed by atoms with Crippen molar-refractivity contribution in [2.24, 2.45) is 0 Å². The Hall–Kier alpha value is -2.96. The van der Waals surface area contributed by atoms with Crippen LogP contribution in [0.5, 0.6) is 0 Å². The monoisotopic (exact) mass is 464 g/mol. The molecule has 0 fully saturated rings. The number of carbonyl (C=O) groups excluding carboxylic acids is 1. The average Bonchev–Trinajstić information content (AvgIpc) is 3.26. The van der Waals surface area contributed by atoms with Gasteiger partial charge in [0.1, 0.15) is 11.1 Å². The van der Waals surface area contributed by atoms with Gasteiger partial charge >= 0.3 is 0 Å². The largest absolute Gasteiger partial charge is 0.316 e. The second-order valence-corrected chi connectivity index (χ2v) is 9.99. The van der Waals surface area contributed by atoms with Crippen LogP contribution in [-0.2, 0) is 24.2 Å². The fourth-order valence-corrected chi connectivity index (χ4v) is 5.85. The van der Waals surface area contributed by atoms with Gasteiger partial charge in [-0.25, -0.2) is 0 Å². The molecular weight excluding hydrogens is 440 g/mol. The molecule has 3 aromatic heterocycles. The summed E-state index contributed by atoms with van der Waals surface area (Å²) >= 11 is 2.88. The van der Waals surface area contributed by atoms with Gasteiger partial charge in [-0.2, -0.15) is 5.26 Å². The number of aromatic nitrogens is 4. The molecular formula is C23H24N6OS2. The van der Waals surface area contributed by atoms with E-state index in [2.05, 4.69) is 33.1 Å². The molecule has 32 heavy (non-hydrogen) atoms. The SMILES string of the molecule is C=CCn1c(S[C@@H](C)C(=O)Nc2sc3c(c2C#N)CCCCC3)nnc1-c1cccnc1. The Labute approximate surface area is 195 Å².